The average molecular weight is 265 g/mol. The van der Waals surface area contributed by atoms with Crippen molar-refractivity contribution in [2.75, 3.05) is 0 Å². The molecule has 1 rings (SSSR count). The van der Waals surface area contributed by atoms with E-state index in [4.69, 9.17) is 0 Å². The first-order valence-corrected chi connectivity index (χ1v) is 6.45. The number of rotatable bonds is 2. The topological polar surface area (TPSA) is 0 Å². The standard InChI is InChI=1S/C9H13BrS2/c1-9(2,3)11-6-7-4-5-8(10)12-7/h4-5H,6H2,1-3H3. The Hall–Kier alpha value is 0.530. The second-order valence-corrected chi connectivity index (χ2v) is 7.96. The van der Waals surface area contributed by atoms with E-state index in [1.807, 2.05) is 23.1 Å². The normalized spacial score (nSPS) is 12.0. The van der Waals surface area contributed by atoms with Gasteiger partial charge < -0.3 is 0 Å². The lowest BCUT2D eigenvalue weighted by Gasteiger charge is -2.16. The van der Waals surface area contributed by atoms with Crippen LogP contribution in [-0.2, 0) is 5.75 Å². The highest BCUT2D eigenvalue weighted by molar-refractivity contribution is 9.11. The zero-order valence-corrected chi connectivity index (χ0v) is 10.8. The van der Waals surface area contributed by atoms with Crippen molar-refractivity contribution < 1.29 is 0 Å². The smallest absolute Gasteiger partial charge is 0.0701 e. The molecule has 1 heterocycles. The van der Waals surface area contributed by atoms with Crippen LogP contribution < -0.4 is 0 Å². The Kier molecular flexibility index (Phi) is 3.68. The molecule has 0 aliphatic heterocycles. The SMILES string of the molecule is CC(C)(C)SCc1ccc(Br)s1. The molecule has 0 bridgehead atoms. The lowest BCUT2D eigenvalue weighted by molar-refractivity contribution is 0.802. The maximum atomic E-state index is 3.46. The maximum Gasteiger partial charge on any atom is 0.0701 e. The van der Waals surface area contributed by atoms with Gasteiger partial charge in [0, 0.05) is 15.4 Å². The molecule has 0 radical (unpaired) electrons. The van der Waals surface area contributed by atoms with Crippen molar-refractivity contribution in [1.82, 2.24) is 0 Å². The van der Waals surface area contributed by atoms with Crippen molar-refractivity contribution >= 4 is 39.0 Å². The van der Waals surface area contributed by atoms with Crippen molar-refractivity contribution in [2.45, 2.75) is 31.3 Å². The van der Waals surface area contributed by atoms with Gasteiger partial charge in [-0.05, 0) is 28.1 Å². The fraction of sp³-hybridized carbons (Fsp3) is 0.556. The highest BCUT2D eigenvalue weighted by atomic mass is 79.9. The van der Waals surface area contributed by atoms with Gasteiger partial charge in [0.2, 0.25) is 0 Å². The first-order chi connectivity index (χ1) is 5.47. The molecular weight excluding hydrogens is 252 g/mol. The van der Waals surface area contributed by atoms with Crippen LogP contribution in [-0.4, -0.2) is 4.75 Å². The summed E-state index contributed by atoms with van der Waals surface area (Å²) in [6.45, 7) is 6.75. The zero-order valence-electron chi connectivity index (χ0n) is 7.56. The molecule has 0 aromatic carbocycles. The van der Waals surface area contributed by atoms with Gasteiger partial charge in [0.15, 0.2) is 0 Å². The molecule has 0 unspecified atom stereocenters. The summed E-state index contributed by atoms with van der Waals surface area (Å²) >= 11 is 7.28. The second-order valence-electron chi connectivity index (χ2n) is 3.61. The van der Waals surface area contributed by atoms with Gasteiger partial charge in [0.1, 0.15) is 0 Å². The number of hydrogen-bond donors (Lipinski definition) is 0. The first-order valence-electron chi connectivity index (χ1n) is 3.85. The van der Waals surface area contributed by atoms with Crippen molar-refractivity contribution in [1.29, 1.82) is 0 Å². The minimum atomic E-state index is 0.371. The zero-order chi connectivity index (χ0) is 9.19. The summed E-state index contributed by atoms with van der Waals surface area (Å²) in [5, 5.41) is 0. The Labute approximate surface area is 90.9 Å². The Morgan fingerprint density at radius 2 is 2.08 bits per heavy atom. The predicted molar refractivity (Wildman–Crippen MR) is 63.1 cm³/mol. The van der Waals surface area contributed by atoms with Gasteiger partial charge in [-0.2, -0.15) is 11.8 Å². The van der Waals surface area contributed by atoms with E-state index in [-0.39, 0.29) is 0 Å². The summed E-state index contributed by atoms with van der Waals surface area (Å²) in [5.74, 6) is 1.12. The van der Waals surface area contributed by atoms with Gasteiger partial charge in [0.05, 0.1) is 3.79 Å². The molecule has 0 nitrogen and oxygen atoms in total. The highest BCUT2D eigenvalue weighted by Gasteiger charge is 2.10. The lowest BCUT2D eigenvalue weighted by atomic mass is 10.3. The van der Waals surface area contributed by atoms with Gasteiger partial charge in [-0.15, -0.1) is 11.3 Å². The van der Waals surface area contributed by atoms with Gasteiger partial charge in [0.25, 0.3) is 0 Å². The summed E-state index contributed by atoms with van der Waals surface area (Å²) < 4.78 is 1.60. The minimum Gasteiger partial charge on any atom is -0.150 e. The van der Waals surface area contributed by atoms with E-state index in [1.54, 1.807) is 0 Å². The summed E-state index contributed by atoms with van der Waals surface area (Å²) in [5.41, 5.74) is 0. The minimum absolute atomic E-state index is 0.371. The lowest BCUT2D eigenvalue weighted by Crippen LogP contribution is -2.06. The van der Waals surface area contributed by atoms with E-state index in [9.17, 15) is 0 Å². The van der Waals surface area contributed by atoms with E-state index >= 15 is 0 Å². The molecule has 12 heavy (non-hydrogen) atoms. The quantitative estimate of drug-likeness (QED) is 0.756. The Balaban J connectivity index is 2.44. The number of hydrogen-bond acceptors (Lipinski definition) is 2. The van der Waals surface area contributed by atoms with Crippen LogP contribution in [0.5, 0.6) is 0 Å². The van der Waals surface area contributed by atoms with Crippen LogP contribution >= 0.6 is 39.0 Å². The van der Waals surface area contributed by atoms with Crippen LogP contribution in [0.2, 0.25) is 0 Å². The number of thiophene rings is 1. The molecule has 0 amide bonds. The molecule has 0 aliphatic carbocycles. The number of thioether (sulfide) groups is 1. The van der Waals surface area contributed by atoms with Crippen molar-refractivity contribution in [3.05, 3.63) is 20.8 Å². The summed E-state index contributed by atoms with van der Waals surface area (Å²) in [6.07, 6.45) is 0. The van der Waals surface area contributed by atoms with Crippen LogP contribution in [0.3, 0.4) is 0 Å². The van der Waals surface area contributed by atoms with Gasteiger partial charge in [-0.25, -0.2) is 0 Å². The van der Waals surface area contributed by atoms with Crippen LogP contribution in [0.25, 0.3) is 0 Å². The summed E-state index contributed by atoms with van der Waals surface area (Å²) in [7, 11) is 0. The second kappa shape index (κ2) is 4.16. The van der Waals surface area contributed by atoms with Crippen LogP contribution in [0.4, 0.5) is 0 Å². The molecule has 0 N–H and O–H groups in total. The van der Waals surface area contributed by atoms with E-state index in [2.05, 4.69) is 48.8 Å². The molecule has 0 aliphatic rings. The number of halogens is 1. The van der Waals surface area contributed by atoms with Gasteiger partial charge >= 0.3 is 0 Å². The third-order valence-corrected chi connectivity index (χ3v) is 4.40. The van der Waals surface area contributed by atoms with Crippen molar-refractivity contribution in [3.8, 4) is 0 Å². The van der Waals surface area contributed by atoms with Crippen molar-refractivity contribution in [2.24, 2.45) is 0 Å². The molecule has 1 aromatic rings. The predicted octanol–water partition coefficient (Wildman–Crippen LogP) is 4.54. The fourth-order valence-electron chi connectivity index (χ4n) is 0.717. The van der Waals surface area contributed by atoms with Gasteiger partial charge in [-0.1, -0.05) is 20.8 Å². The Morgan fingerprint density at radius 1 is 1.42 bits per heavy atom. The molecule has 0 fully saturated rings. The average Bonchev–Trinajstić information content (AvgIpc) is 2.30. The summed E-state index contributed by atoms with van der Waals surface area (Å²) in [4.78, 5) is 1.45. The Morgan fingerprint density at radius 3 is 2.50 bits per heavy atom. The van der Waals surface area contributed by atoms with E-state index in [0.29, 0.717) is 4.75 Å². The third-order valence-electron chi connectivity index (χ3n) is 1.28. The molecule has 68 valence electrons. The molecule has 0 saturated carbocycles. The Bertz CT molecular complexity index is 247. The van der Waals surface area contributed by atoms with Crippen LogP contribution in [0, 0.1) is 0 Å². The molecule has 0 spiro atoms. The van der Waals surface area contributed by atoms with E-state index in [0.717, 1.165) is 5.75 Å². The van der Waals surface area contributed by atoms with Crippen LogP contribution in [0.1, 0.15) is 25.6 Å². The molecular formula is C9H13BrS2. The first kappa shape index (κ1) is 10.6. The van der Waals surface area contributed by atoms with E-state index in [1.165, 1.54) is 8.66 Å². The third kappa shape index (κ3) is 3.97. The molecule has 1 aromatic heterocycles. The van der Waals surface area contributed by atoms with Crippen molar-refractivity contribution in [3.63, 3.8) is 0 Å². The summed E-state index contributed by atoms with van der Waals surface area (Å²) in [6, 6.07) is 4.30. The van der Waals surface area contributed by atoms with E-state index < -0.39 is 0 Å². The fourth-order valence-corrected chi connectivity index (χ4v) is 3.08. The highest BCUT2D eigenvalue weighted by Crippen LogP contribution is 2.31. The molecule has 3 heteroatoms. The molecule has 0 saturated heterocycles. The largest absolute Gasteiger partial charge is 0.150 e. The maximum absolute atomic E-state index is 3.46. The molecule has 0 atom stereocenters. The monoisotopic (exact) mass is 264 g/mol. The van der Waals surface area contributed by atoms with Crippen LogP contribution in [0.15, 0.2) is 15.9 Å². The van der Waals surface area contributed by atoms with Gasteiger partial charge in [-0.3, -0.25) is 0 Å².